The van der Waals surface area contributed by atoms with Crippen LogP contribution in [0.2, 0.25) is 0 Å². The van der Waals surface area contributed by atoms with Crippen molar-refractivity contribution in [2.75, 3.05) is 0 Å². The first-order valence-electron chi connectivity index (χ1n) is 12.4. The third kappa shape index (κ3) is 4.15. The van der Waals surface area contributed by atoms with E-state index in [0.717, 1.165) is 47.9 Å². The van der Waals surface area contributed by atoms with Gasteiger partial charge in [0.2, 0.25) is 5.91 Å². The Balaban J connectivity index is 1.52. The zero-order valence-corrected chi connectivity index (χ0v) is 20.7. The van der Waals surface area contributed by atoms with Gasteiger partial charge in [-0.25, -0.2) is 4.39 Å². The predicted octanol–water partition coefficient (Wildman–Crippen LogP) is 5.66. The van der Waals surface area contributed by atoms with Gasteiger partial charge < -0.3 is 14.8 Å². The maximum absolute atomic E-state index is 13.9. The standard InChI is InChI=1S/C27H32FN3O2S/c1-3-21-14-22-24(34-21)15-23-25(32)31(16-18-10-12-19(28)13-11-18)27(2,17-30(22)23)26(33)29-20-8-6-4-5-7-9-20/h10-15,20H,3-9,16-17H2,1-2H3,(H,29,33)/t27-/m1/s1. The lowest BCUT2D eigenvalue weighted by Gasteiger charge is -2.44. The molecule has 180 valence electrons. The van der Waals surface area contributed by atoms with Gasteiger partial charge in [0.25, 0.3) is 5.91 Å². The summed E-state index contributed by atoms with van der Waals surface area (Å²) >= 11 is 1.71. The third-order valence-corrected chi connectivity index (χ3v) is 8.66. The highest BCUT2D eigenvalue weighted by molar-refractivity contribution is 7.19. The molecule has 1 aromatic carbocycles. The van der Waals surface area contributed by atoms with Gasteiger partial charge in [0.1, 0.15) is 17.1 Å². The van der Waals surface area contributed by atoms with Gasteiger partial charge in [-0.05, 0) is 56.0 Å². The van der Waals surface area contributed by atoms with E-state index in [2.05, 4.69) is 18.3 Å². The molecule has 5 rings (SSSR count). The molecular weight excluding hydrogens is 449 g/mol. The molecule has 3 heterocycles. The monoisotopic (exact) mass is 481 g/mol. The number of thiophene rings is 1. The molecule has 2 aliphatic rings. The second-order valence-corrected chi connectivity index (χ2v) is 11.1. The lowest BCUT2D eigenvalue weighted by molar-refractivity contribution is -0.134. The molecule has 0 unspecified atom stereocenters. The van der Waals surface area contributed by atoms with Gasteiger partial charge in [-0.1, -0.05) is 44.7 Å². The van der Waals surface area contributed by atoms with Gasteiger partial charge in [-0.15, -0.1) is 11.3 Å². The van der Waals surface area contributed by atoms with Crippen LogP contribution in [0, 0.1) is 5.82 Å². The van der Waals surface area contributed by atoms with Crippen LogP contribution < -0.4 is 5.32 Å². The second kappa shape index (κ2) is 9.17. The molecule has 0 bridgehead atoms. The van der Waals surface area contributed by atoms with E-state index in [9.17, 15) is 14.0 Å². The lowest BCUT2D eigenvalue weighted by atomic mass is 9.93. The highest BCUT2D eigenvalue weighted by Crippen LogP contribution is 2.37. The number of nitrogens with zero attached hydrogens (tertiary/aromatic N) is 2. The van der Waals surface area contributed by atoms with Crippen molar-refractivity contribution in [3.63, 3.8) is 0 Å². The number of aryl methyl sites for hydroxylation is 1. The van der Waals surface area contributed by atoms with Gasteiger partial charge in [-0.3, -0.25) is 9.59 Å². The summed E-state index contributed by atoms with van der Waals surface area (Å²) in [5, 5.41) is 3.30. The largest absolute Gasteiger partial charge is 0.351 e. The number of rotatable bonds is 5. The number of hydrogen-bond acceptors (Lipinski definition) is 3. The molecule has 7 heteroatoms. The highest BCUT2D eigenvalue weighted by atomic mass is 32.1. The predicted molar refractivity (Wildman–Crippen MR) is 134 cm³/mol. The van der Waals surface area contributed by atoms with Crippen LogP contribution in [0.1, 0.15) is 73.3 Å². The van der Waals surface area contributed by atoms with E-state index in [1.54, 1.807) is 28.4 Å². The van der Waals surface area contributed by atoms with Gasteiger partial charge in [-0.2, -0.15) is 0 Å². The number of aromatic nitrogens is 1. The Kier molecular flexibility index (Phi) is 6.23. The van der Waals surface area contributed by atoms with Crippen molar-refractivity contribution in [1.82, 2.24) is 14.8 Å². The second-order valence-electron chi connectivity index (χ2n) is 9.89. The van der Waals surface area contributed by atoms with Crippen molar-refractivity contribution in [3.8, 4) is 0 Å². The van der Waals surface area contributed by atoms with Crippen molar-refractivity contribution in [3.05, 3.63) is 58.3 Å². The van der Waals surface area contributed by atoms with Crippen LogP contribution in [-0.2, 0) is 24.3 Å². The number of benzene rings is 1. The third-order valence-electron chi connectivity index (χ3n) is 7.45. The molecule has 2 amide bonds. The summed E-state index contributed by atoms with van der Waals surface area (Å²) < 4.78 is 16.6. The Hall–Kier alpha value is -2.67. The summed E-state index contributed by atoms with van der Waals surface area (Å²) in [6.07, 6.45) is 7.57. The smallest absolute Gasteiger partial charge is 0.271 e. The summed E-state index contributed by atoms with van der Waals surface area (Å²) in [7, 11) is 0. The van der Waals surface area contributed by atoms with Crippen LogP contribution in [0.15, 0.2) is 36.4 Å². The maximum Gasteiger partial charge on any atom is 0.271 e. The molecule has 3 aromatic rings. The number of hydrogen-bond donors (Lipinski definition) is 1. The van der Waals surface area contributed by atoms with Crippen LogP contribution in [0.3, 0.4) is 0 Å². The van der Waals surface area contributed by atoms with Crippen LogP contribution in [0.5, 0.6) is 0 Å². The minimum Gasteiger partial charge on any atom is -0.351 e. The Morgan fingerprint density at radius 3 is 2.53 bits per heavy atom. The van der Waals surface area contributed by atoms with E-state index in [-0.39, 0.29) is 30.2 Å². The summed E-state index contributed by atoms with van der Waals surface area (Å²) in [5.41, 5.74) is 1.40. The van der Waals surface area contributed by atoms with Crippen LogP contribution in [-0.4, -0.2) is 32.9 Å². The fraction of sp³-hybridized carbons (Fsp3) is 0.481. The van der Waals surface area contributed by atoms with E-state index < -0.39 is 5.54 Å². The number of fused-ring (bicyclic) bond motifs is 3. The highest BCUT2D eigenvalue weighted by Gasteiger charge is 2.48. The van der Waals surface area contributed by atoms with Gasteiger partial charge in [0, 0.05) is 17.5 Å². The molecule has 1 fully saturated rings. The molecule has 0 spiro atoms. The van der Waals surface area contributed by atoms with Crippen LogP contribution in [0.4, 0.5) is 4.39 Å². The SMILES string of the molecule is CCc1cc2c(cc3n2C[C@](C)(C(=O)NC2CCCCCC2)N(Cc2ccc(F)cc2)C3=O)s1. The Morgan fingerprint density at radius 1 is 1.15 bits per heavy atom. The van der Waals surface area contributed by atoms with Crippen molar-refractivity contribution < 1.29 is 14.0 Å². The molecular formula is C27H32FN3O2S. The lowest BCUT2D eigenvalue weighted by Crippen LogP contribution is -2.64. The van der Waals surface area contributed by atoms with Gasteiger partial charge in [0.15, 0.2) is 0 Å². The summed E-state index contributed by atoms with van der Waals surface area (Å²) in [6.45, 7) is 4.66. The quantitative estimate of drug-likeness (QED) is 0.478. The van der Waals surface area contributed by atoms with E-state index in [0.29, 0.717) is 12.2 Å². The number of nitrogens with one attached hydrogen (secondary N) is 1. The van der Waals surface area contributed by atoms with Crippen LogP contribution >= 0.6 is 11.3 Å². The number of halogens is 1. The summed E-state index contributed by atoms with van der Waals surface area (Å²) in [5.74, 6) is -0.577. The zero-order valence-electron chi connectivity index (χ0n) is 19.9. The zero-order chi connectivity index (χ0) is 23.9. The average molecular weight is 482 g/mol. The first-order valence-corrected chi connectivity index (χ1v) is 13.2. The summed E-state index contributed by atoms with van der Waals surface area (Å²) in [4.78, 5) is 30.6. The molecule has 0 saturated heterocycles. The summed E-state index contributed by atoms with van der Waals surface area (Å²) in [6, 6.07) is 10.4. The van der Waals surface area contributed by atoms with Crippen molar-refractivity contribution >= 4 is 33.4 Å². The first-order chi connectivity index (χ1) is 16.4. The first kappa shape index (κ1) is 23.1. The maximum atomic E-state index is 13.9. The topological polar surface area (TPSA) is 54.3 Å². The minimum absolute atomic E-state index is 0.103. The molecule has 1 aliphatic carbocycles. The minimum atomic E-state index is -1.05. The van der Waals surface area contributed by atoms with E-state index >= 15 is 0 Å². The van der Waals surface area contributed by atoms with Gasteiger partial charge >= 0.3 is 0 Å². The normalized spacial score (nSPS) is 21.5. The molecule has 1 aliphatic heterocycles. The van der Waals surface area contributed by atoms with E-state index in [1.807, 2.05) is 17.6 Å². The van der Waals surface area contributed by atoms with Gasteiger partial charge in [0.05, 0.1) is 16.8 Å². The molecule has 1 saturated carbocycles. The fourth-order valence-electron chi connectivity index (χ4n) is 5.35. The Bertz CT molecular complexity index is 1210. The molecule has 1 N–H and O–H groups in total. The van der Waals surface area contributed by atoms with E-state index in [4.69, 9.17) is 0 Å². The number of carbonyl (C=O) groups is 2. The number of carbonyl (C=O) groups excluding carboxylic acids is 2. The van der Waals surface area contributed by atoms with Crippen molar-refractivity contribution in [2.45, 2.75) is 83.5 Å². The Morgan fingerprint density at radius 2 is 1.85 bits per heavy atom. The molecule has 0 radical (unpaired) electrons. The van der Waals surface area contributed by atoms with Crippen molar-refractivity contribution in [1.29, 1.82) is 0 Å². The molecule has 2 aromatic heterocycles. The van der Waals surface area contributed by atoms with E-state index in [1.165, 1.54) is 29.9 Å². The molecule has 5 nitrogen and oxygen atoms in total. The Labute approximate surface area is 203 Å². The molecule has 1 atom stereocenters. The van der Waals surface area contributed by atoms with Crippen LogP contribution in [0.25, 0.3) is 10.2 Å². The molecule has 34 heavy (non-hydrogen) atoms. The van der Waals surface area contributed by atoms with Crippen molar-refractivity contribution in [2.24, 2.45) is 0 Å². The average Bonchev–Trinajstić information content (AvgIpc) is 3.26. The fourth-order valence-corrected chi connectivity index (χ4v) is 6.39. The number of amides is 2.